The fraction of sp³-hybridized carbons (Fsp3) is 1.00. The molecule has 0 saturated carbocycles. The van der Waals surface area contributed by atoms with Crippen molar-refractivity contribution in [1.82, 2.24) is 4.90 Å². The molecule has 3 unspecified atom stereocenters. The Balaban J connectivity index is 2.41. The molecule has 1 aliphatic heterocycles. The maximum Gasteiger partial charge on any atom is 0.0597 e. The first-order valence-electron chi connectivity index (χ1n) is 4.95. The van der Waals surface area contributed by atoms with Crippen LogP contribution >= 0.6 is 0 Å². The quantitative estimate of drug-likeness (QED) is 0.528. The smallest absolute Gasteiger partial charge is 0.0597 e. The van der Waals surface area contributed by atoms with Crippen LogP contribution in [0.4, 0.5) is 0 Å². The highest BCUT2D eigenvalue weighted by molar-refractivity contribution is 4.86. The van der Waals surface area contributed by atoms with E-state index in [4.69, 9.17) is 16.6 Å². The van der Waals surface area contributed by atoms with Gasteiger partial charge in [-0.25, -0.2) is 0 Å². The third-order valence-electron chi connectivity index (χ3n) is 2.91. The van der Waals surface area contributed by atoms with Gasteiger partial charge in [0.15, 0.2) is 0 Å². The van der Waals surface area contributed by atoms with Crippen molar-refractivity contribution >= 4 is 0 Å². The van der Waals surface area contributed by atoms with E-state index in [9.17, 15) is 0 Å². The Morgan fingerprint density at radius 1 is 1.54 bits per heavy atom. The summed E-state index contributed by atoms with van der Waals surface area (Å²) < 4.78 is 0. The van der Waals surface area contributed by atoms with Crippen LogP contribution < -0.4 is 11.5 Å². The van der Waals surface area contributed by atoms with E-state index in [-0.39, 0.29) is 18.7 Å². The van der Waals surface area contributed by atoms with Crippen molar-refractivity contribution in [2.75, 3.05) is 26.7 Å². The molecule has 1 fully saturated rings. The van der Waals surface area contributed by atoms with E-state index in [0.29, 0.717) is 5.92 Å². The Kier molecular flexibility index (Phi) is 4.12. The number of aliphatic hydroxyl groups excluding tert-OH is 1. The van der Waals surface area contributed by atoms with Gasteiger partial charge < -0.3 is 21.5 Å². The monoisotopic (exact) mass is 187 g/mol. The van der Waals surface area contributed by atoms with Gasteiger partial charge in [0.25, 0.3) is 0 Å². The van der Waals surface area contributed by atoms with Crippen molar-refractivity contribution in [3.05, 3.63) is 0 Å². The van der Waals surface area contributed by atoms with Gasteiger partial charge in [-0.05, 0) is 32.4 Å². The van der Waals surface area contributed by atoms with Crippen LogP contribution in [0.15, 0.2) is 0 Å². The summed E-state index contributed by atoms with van der Waals surface area (Å²) >= 11 is 0. The van der Waals surface area contributed by atoms with Crippen LogP contribution in [0, 0.1) is 5.92 Å². The van der Waals surface area contributed by atoms with Gasteiger partial charge in [-0.1, -0.05) is 0 Å². The summed E-state index contributed by atoms with van der Waals surface area (Å²) in [5.41, 5.74) is 11.7. The molecule has 0 bridgehead atoms. The Morgan fingerprint density at radius 3 is 2.77 bits per heavy atom. The third kappa shape index (κ3) is 2.91. The van der Waals surface area contributed by atoms with Crippen molar-refractivity contribution in [3.8, 4) is 0 Å². The van der Waals surface area contributed by atoms with Crippen molar-refractivity contribution < 1.29 is 5.11 Å². The molecule has 1 rings (SSSR count). The largest absolute Gasteiger partial charge is 0.395 e. The molecule has 13 heavy (non-hydrogen) atoms. The number of rotatable bonds is 3. The summed E-state index contributed by atoms with van der Waals surface area (Å²) in [6.07, 6.45) is 2.33. The van der Waals surface area contributed by atoms with Crippen LogP contribution in [0.25, 0.3) is 0 Å². The highest BCUT2D eigenvalue weighted by atomic mass is 16.3. The van der Waals surface area contributed by atoms with Gasteiger partial charge in [0.2, 0.25) is 0 Å². The Hall–Kier alpha value is -0.160. The topological polar surface area (TPSA) is 75.5 Å². The molecule has 0 spiro atoms. The number of hydrogen-bond acceptors (Lipinski definition) is 4. The molecule has 3 atom stereocenters. The third-order valence-corrected chi connectivity index (χ3v) is 2.91. The molecule has 1 heterocycles. The molecule has 0 aromatic rings. The Morgan fingerprint density at radius 2 is 2.23 bits per heavy atom. The van der Waals surface area contributed by atoms with E-state index >= 15 is 0 Å². The molecule has 0 aromatic carbocycles. The first kappa shape index (κ1) is 10.9. The van der Waals surface area contributed by atoms with Crippen LogP contribution in [0.3, 0.4) is 0 Å². The molecule has 4 heteroatoms. The van der Waals surface area contributed by atoms with E-state index in [1.807, 2.05) is 0 Å². The lowest BCUT2D eigenvalue weighted by atomic mass is 9.88. The average molecular weight is 187 g/mol. The molecule has 0 aromatic heterocycles. The van der Waals surface area contributed by atoms with Crippen LogP contribution in [0.1, 0.15) is 12.8 Å². The Labute approximate surface area is 79.9 Å². The molecule has 0 radical (unpaired) electrons. The molecule has 1 saturated heterocycles. The van der Waals surface area contributed by atoms with Gasteiger partial charge in [-0.2, -0.15) is 0 Å². The fourth-order valence-electron chi connectivity index (χ4n) is 1.99. The molecule has 5 N–H and O–H groups in total. The predicted octanol–water partition coefficient (Wildman–Crippen LogP) is -1.02. The molecule has 78 valence electrons. The minimum absolute atomic E-state index is 0.0125. The highest BCUT2D eigenvalue weighted by Gasteiger charge is 2.26. The number of likely N-dealkylation sites (tertiary alicyclic amines) is 1. The average Bonchev–Trinajstić information content (AvgIpc) is 2.15. The zero-order chi connectivity index (χ0) is 9.84. The second-order valence-electron chi connectivity index (χ2n) is 4.09. The lowest BCUT2D eigenvalue weighted by molar-refractivity contribution is 0.156. The zero-order valence-corrected chi connectivity index (χ0v) is 8.32. The van der Waals surface area contributed by atoms with Crippen molar-refractivity contribution in [3.63, 3.8) is 0 Å². The van der Waals surface area contributed by atoms with Crippen LogP contribution in [0.2, 0.25) is 0 Å². The summed E-state index contributed by atoms with van der Waals surface area (Å²) in [5.74, 6) is 0.445. The molecule has 0 amide bonds. The van der Waals surface area contributed by atoms with E-state index < -0.39 is 0 Å². The van der Waals surface area contributed by atoms with Gasteiger partial charge in [0.05, 0.1) is 6.61 Å². The summed E-state index contributed by atoms with van der Waals surface area (Å²) in [4.78, 5) is 2.28. The second-order valence-corrected chi connectivity index (χ2v) is 4.09. The normalized spacial score (nSPS) is 30.0. The molecular weight excluding hydrogens is 166 g/mol. The fourth-order valence-corrected chi connectivity index (χ4v) is 1.99. The molecular formula is C9H21N3O. The lowest BCUT2D eigenvalue weighted by Gasteiger charge is -2.35. The standard InChI is InChI=1S/C9H21N3O/c1-12-4-2-3-7(5-12)9(11)8(10)6-13/h7-9,13H,2-6,10-11H2,1H3. The maximum absolute atomic E-state index is 8.88. The van der Waals surface area contributed by atoms with Gasteiger partial charge in [-0.15, -0.1) is 0 Å². The zero-order valence-electron chi connectivity index (χ0n) is 8.32. The van der Waals surface area contributed by atoms with Gasteiger partial charge in [0.1, 0.15) is 0 Å². The van der Waals surface area contributed by atoms with Gasteiger partial charge in [-0.3, -0.25) is 0 Å². The van der Waals surface area contributed by atoms with Crippen LogP contribution in [-0.2, 0) is 0 Å². The minimum Gasteiger partial charge on any atom is -0.395 e. The number of hydrogen-bond donors (Lipinski definition) is 3. The molecule has 0 aliphatic carbocycles. The first-order valence-corrected chi connectivity index (χ1v) is 4.95. The number of aliphatic hydroxyl groups is 1. The van der Waals surface area contributed by atoms with E-state index in [1.165, 1.54) is 6.42 Å². The number of nitrogens with zero attached hydrogens (tertiary/aromatic N) is 1. The number of piperidine rings is 1. The summed E-state index contributed by atoms with van der Waals surface area (Å²) in [5, 5.41) is 8.88. The van der Waals surface area contributed by atoms with Crippen LogP contribution in [-0.4, -0.2) is 48.8 Å². The Bertz CT molecular complexity index is 154. The summed E-state index contributed by atoms with van der Waals surface area (Å²) in [6.45, 7) is 2.15. The van der Waals surface area contributed by atoms with Crippen molar-refractivity contribution in [1.29, 1.82) is 0 Å². The van der Waals surface area contributed by atoms with Gasteiger partial charge >= 0.3 is 0 Å². The second kappa shape index (κ2) is 4.91. The predicted molar refractivity (Wildman–Crippen MR) is 53.3 cm³/mol. The summed E-state index contributed by atoms with van der Waals surface area (Å²) in [6, 6.07) is -0.329. The number of nitrogens with two attached hydrogens (primary N) is 2. The van der Waals surface area contributed by atoms with Crippen molar-refractivity contribution in [2.24, 2.45) is 17.4 Å². The highest BCUT2D eigenvalue weighted by Crippen LogP contribution is 2.18. The molecule has 4 nitrogen and oxygen atoms in total. The SMILES string of the molecule is CN1CCCC(C(N)C(N)CO)C1. The van der Waals surface area contributed by atoms with E-state index in [2.05, 4.69) is 11.9 Å². The van der Waals surface area contributed by atoms with Crippen molar-refractivity contribution in [2.45, 2.75) is 24.9 Å². The maximum atomic E-state index is 8.88. The minimum atomic E-state index is -0.267. The first-order chi connectivity index (χ1) is 6.15. The van der Waals surface area contributed by atoms with E-state index in [0.717, 1.165) is 19.5 Å². The van der Waals surface area contributed by atoms with E-state index in [1.54, 1.807) is 0 Å². The lowest BCUT2D eigenvalue weighted by Crippen LogP contribution is -2.52. The van der Waals surface area contributed by atoms with Crippen LogP contribution in [0.5, 0.6) is 0 Å². The summed E-state index contributed by atoms with van der Waals surface area (Å²) in [7, 11) is 2.10. The van der Waals surface area contributed by atoms with Gasteiger partial charge in [0, 0.05) is 18.6 Å². The molecule has 1 aliphatic rings.